The zero-order valence-corrected chi connectivity index (χ0v) is 13.4. The Morgan fingerprint density at radius 1 is 1.43 bits per heavy atom. The van der Waals surface area contributed by atoms with Gasteiger partial charge in [-0.15, -0.1) is 10.2 Å². The number of thioether (sulfide) groups is 1. The number of rotatable bonds is 5. The molecule has 7 heteroatoms. The van der Waals surface area contributed by atoms with Crippen LogP contribution in [-0.2, 0) is 0 Å². The van der Waals surface area contributed by atoms with Crippen molar-refractivity contribution >= 4 is 23.5 Å². The maximum Gasteiger partial charge on any atom is 0.271 e. The second kappa shape index (κ2) is 7.09. The van der Waals surface area contributed by atoms with Crippen molar-refractivity contribution in [3.8, 4) is 0 Å². The average Bonchev–Trinajstić information content (AvgIpc) is 2.55. The number of amides is 1. The highest BCUT2D eigenvalue weighted by Crippen LogP contribution is 2.34. The summed E-state index contributed by atoms with van der Waals surface area (Å²) in [5, 5.41) is 10.9. The third kappa shape index (κ3) is 3.65. The van der Waals surface area contributed by atoms with Crippen molar-refractivity contribution in [1.29, 1.82) is 0 Å². The number of nitrogens with zero attached hydrogens (tertiary/aromatic N) is 3. The van der Waals surface area contributed by atoms with Gasteiger partial charge in [0.05, 0.1) is 0 Å². The molecule has 0 unspecified atom stereocenters. The van der Waals surface area contributed by atoms with Gasteiger partial charge in [-0.05, 0) is 38.2 Å². The predicted molar refractivity (Wildman–Crippen MR) is 86.8 cm³/mol. The smallest absolute Gasteiger partial charge is 0.271 e. The zero-order valence-electron chi connectivity index (χ0n) is 12.6. The van der Waals surface area contributed by atoms with E-state index in [9.17, 15) is 4.79 Å². The fraction of sp³-hybridized carbons (Fsp3) is 0.643. The molecule has 2 heterocycles. The van der Waals surface area contributed by atoms with Crippen molar-refractivity contribution in [3.05, 3.63) is 17.8 Å². The van der Waals surface area contributed by atoms with E-state index < -0.39 is 0 Å². The Kier molecular flexibility index (Phi) is 5.41. The summed E-state index contributed by atoms with van der Waals surface area (Å²) in [6.07, 6.45) is 4.22. The van der Waals surface area contributed by atoms with E-state index in [1.54, 1.807) is 6.07 Å². The van der Waals surface area contributed by atoms with Crippen LogP contribution in [0.5, 0.6) is 0 Å². The van der Waals surface area contributed by atoms with Crippen molar-refractivity contribution < 1.29 is 4.79 Å². The van der Waals surface area contributed by atoms with E-state index >= 15 is 0 Å². The molecule has 2 rings (SSSR count). The Bertz CT molecular complexity index is 465. The minimum absolute atomic E-state index is 0.181. The molecule has 0 bridgehead atoms. The summed E-state index contributed by atoms with van der Waals surface area (Å²) in [7, 11) is 0. The number of nitrogens with one attached hydrogen (secondary N) is 1. The number of aromatic nitrogens is 2. The van der Waals surface area contributed by atoms with E-state index in [4.69, 9.17) is 5.73 Å². The van der Waals surface area contributed by atoms with Crippen LogP contribution < -0.4 is 16.0 Å². The maximum atomic E-state index is 11.7. The van der Waals surface area contributed by atoms with Crippen molar-refractivity contribution in [2.75, 3.05) is 37.3 Å². The van der Waals surface area contributed by atoms with Crippen molar-refractivity contribution in [3.63, 3.8) is 0 Å². The van der Waals surface area contributed by atoms with Gasteiger partial charge >= 0.3 is 0 Å². The lowest BCUT2D eigenvalue weighted by molar-refractivity contribution is 0.0950. The van der Waals surface area contributed by atoms with Crippen LogP contribution in [0, 0.1) is 0 Å². The van der Waals surface area contributed by atoms with Crippen LogP contribution in [0.15, 0.2) is 12.1 Å². The van der Waals surface area contributed by atoms with Gasteiger partial charge in [-0.1, -0.05) is 0 Å². The molecule has 0 spiro atoms. The molecule has 1 fully saturated rings. The molecule has 0 aliphatic carbocycles. The number of nitrogens with two attached hydrogens (primary N) is 1. The minimum Gasteiger partial charge on any atom is -0.355 e. The Morgan fingerprint density at radius 3 is 2.62 bits per heavy atom. The van der Waals surface area contributed by atoms with Gasteiger partial charge in [-0.2, -0.15) is 11.8 Å². The van der Waals surface area contributed by atoms with Crippen LogP contribution >= 0.6 is 11.8 Å². The molecule has 0 radical (unpaired) electrons. The minimum atomic E-state index is -0.181. The first-order chi connectivity index (χ1) is 10.1. The first-order valence-corrected chi connectivity index (χ1v) is 8.48. The quantitative estimate of drug-likeness (QED) is 0.840. The fourth-order valence-corrected chi connectivity index (χ4v) is 3.26. The van der Waals surface area contributed by atoms with Gasteiger partial charge in [-0.3, -0.25) is 4.79 Å². The molecular formula is C14H23N5OS. The molecule has 3 N–H and O–H groups in total. The van der Waals surface area contributed by atoms with E-state index in [0.29, 0.717) is 18.8 Å². The van der Waals surface area contributed by atoms with E-state index in [1.165, 1.54) is 0 Å². The summed E-state index contributed by atoms with van der Waals surface area (Å²) in [5.41, 5.74) is 6.26. The van der Waals surface area contributed by atoms with E-state index in [0.717, 1.165) is 31.7 Å². The topological polar surface area (TPSA) is 84.1 Å². The molecule has 116 valence electrons. The summed E-state index contributed by atoms with van der Waals surface area (Å²) in [4.78, 5) is 13.9. The van der Waals surface area contributed by atoms with Gasteiger partial charge in [0.15, 0.2) is 11.5 Å². The fourth-order valence-electron chi connectivity index (χ4n) is 2.50. The maximum absolute atomic E-state index is 11.7. The molecule has 6 nitrogen and oxygen atoms in total. The summed E-state index contributed by atoms with van der Waals surface area (Å²) in [6, 6.07) is 3.60. The van der Waals surface area contributed by atoms with Gasteiger partial charge in [0.1, 0.15) is 0 Å². The third-order valence-corrected chi connectivity index (χ3v) is 5.47. The monoisotopic (exact) mass is 309 g/mol. The van der Waals surface area contributed by atoms with Gasteiger partial charge in [0.25, 0.3) is 5.91 Å². The largest absolute Gasteiger partial charge is 0.355 e. The lowest BCUT2D eigenvalue weighted by Crippen LogP contribution is -2.46. The van der Waals surface area contributed by atoms with Gasteiger partial charge in [0, 0.05) is 30.9 Å². The van der Waals surface area contributed by atoms with Crippen molar-refractivity contribution in [2.24, 2.45) is 5.73 Å². The Hall–Kier alpha value is -1.34. The Labute approximate surface area is 129 Å². The molecule has 0 aromatic carbocycles. The molecule has 1 aliphatic heterocycles. The number of hydrogen-bond acceptors (Lipinski definition) is 6. The van der Waals surface area contributed by atoms with Gasteiger partial charge in [0.2, 0.25) is 0 Å². The Balaban J connectivity index is 1.99. The highest BCUT2D eigenvalue weighted by Gasteiger charge is 2.33. The standard InChI is InChI=1S/C14H23N5OS/c1-3-16-13(20)11-4-5-12(18-17-11)19-8-6-14(10-15,21-2)7-9-19/h4-5H,3,6-10,15H2,1-2H3,(H,16,20). The third-order valence-electron chi connectivity index (χ3n) is 4.02. The Morgan fingerprint density at radius 2 is 2.14 bits per heavy atom. The summed E-state index contributed by atoms with van der Waals surface area (Å²) < 4.78 is 0.199. The van der Waals surface area contributed by atoms with E-state index in [1.807, 2.05) is 24.8 Å². The number of piperidine rings is 1. The first-order valence-electron chi connectivity index (χ1n) is 7.26. The predicted octanol–water partition coefficient (Wildman–Crippen LogP) is 0.887. The molecule has 1 saturated heterocycles. The SMILES string of the molecule is CCNC(=O)c1ccc(N2CCC(CN)(SC)CC2)nn1. The lowest BCUT2D eigenvalue weighted by atomic mass is 9.96. The zero-order chi connectivity index (χ0) is 15.3. The van der Waals surface area contributed by atoms with Gasteiger partial charge in [-0.25, -0.2) is 0 Å². The average molecular weight is 309 g/mol. The highest BCUT2D eigenvalue weighted by molar-refractivity contribution is 8.00. The molecule has 1 amide bonds. The number of hydrogen-bond donors (Lipinski definition) is 2. The number of anilines is 1. The second-order valence-corrected chi connectivity index (χ2v) is 6.49. The molecule has 1 aliphatic rings. The molecule has 0 atom stereocenters. The molecule has 0 saturated carbocycles. The van der Waals surface area contributed by atoms with E-state index in [2.05, 4.69) is 26.7 Å². The summed E-state index contributed by atoms with van der Waals surface area (Å²) >= 11 is 1.86. The molecule has 1 aromatic rings. The molecular weight excluding hydrogens is 286 g/mol. The van der Waals surface area contributed by atoms with Gasteiger partial charge < -0.3 is 16.0 Å². The number of carbonyl (C=O) groups is 1. The van der Waals surface area contributed by atoms with E-state index in [-0.39, 0.29) is 10.7 Å². The van der Waals surface area contributed by atoms with Crippen LogP contribution in [0.1, 0.15) is 30.3 Å². The van der Waals surface area contributed by atoms with Crippen LogP contribution in [0.4, 0.5) is 5.82 Å². The molecule has 1 aromatic heterocycles. The second-order valence-electron chi connectivity index (χ2n) is 5.21. The first kappa shape index (κ1) is 16.0. The van der Waals surface area contributed by atoms with Crippen LogP contribution in [0.25, 0.3) is 0 Å². The van der Waals surface area contributed by atoms with Crippen molar-refractivity contribution in [1.82, 2.24) is 15.5 Å². The summed E-state index contributed by atoms with van der Waals surface area (Å²) in [5.74, 6) is 0.648. The normalized spacial score (nSPS) is 17.6. The van der Waals surface area contributed by atoms with Crippen LogP contribution in [-0.4, -0.2) is 53.3 Å². The van der Waals surface area contributed by atoms with Crippen LogP contribution in [0.3, 0.4) is 0 Å². The molecule has 21 heavy (non-hydrogen) atoms. The lowest BCUT2D eigenvalue weighted by Gasteiger charge is -2.40. The van der Waals surface area contributed by atoms with Crippen molar-refractivity contribution in [2.45, 2.75) is 24.5 Å². The highest BCUT2D eigenvalue weighted by atomic mass is 32.2. The number of carbonyl (C=O) groups excluding carboxylic acids is 1. The summed E-state index contributed by atoms with van der Waals surface area (Å²) in [6.45, 7) is 5.03. The van der Waals surface area contributed by atoms with Crippen LogP contribution in [0.2, 0.25) is 0 Å².